The maximum atomic E-state index is 13.9. The van der Waals surface area contributed by atoms with E-state index in [4.69, 9.17) is 4.74 Å². The number of imidazole rings is 1. The summed E-state index contributed by atoms with van der Waals surface area (Å²) >= 11 is 0. The van der Waals surface area contributed by atoms with E-state index in [-0.39, 0.29) is 17.9 Å². The number of benzene rings is 1. The molecular weight excluding hydrogens is 415 g/mol. The maximum absolute atomic E-state index is 13.9. The van der Waals surface area contributed by atoms with Crippen LogP contribution in [0.2, 0.25) is 0 Å². The lowest BCUT2D eigenvalue weighted by atomic mass is 10.00. The van der Waals surface area contributed by atoms with Gasteiger partial charge in [0.1, 0.15) is 11.3 Å². The molecule has 0 bridgehead atoms. The quantitative estimate of drug-likeness (QED) is 0.467. The first kappa shape index (κ1) is 21.2. The summed E-state index contributed by atoms with van der Waals surface area (Å²) < 4.78 is 21.9. The summed E-state index contributed by atoms with van der Waals surface area (Å²) in [6.45, 7) is 2.14. The van der Waals surface area contributed by atoms with Crippen LogP contribution >= 0.6 is 0 Å². The van der Waals surface area contributed by atoms with Gasteiger partial charge < -0.3 is 19.0 Å². The third-order valence-electron chi connectivity index (χ3n) is 5.22. The molecular formula is C23H21FN4O4. The zero-order valence-electron chi connectivity index (χ0n) is 17.6. The van der Waals surface area contributed by atoms with Gasteiger partial charge in [0, 0.05) is 32.2 Å². The molecule has 0 radical (unpaired) electrons. The van der Waals surface area contributed by atoms with E-state index in [9.17, 15) is 19.1 Å². The Morgan fingerprint density at radius 1 is 1.25 bits per heavy atom. The van der Waals surface area contributed by atoms with E-state index in [1.807, 2.05) is 4.57 Å². The predicted octanol–water partition coefficient (Wildman–Crippen LogP) is 2.79. The van der Waals surface area contributed by atoms with Gasteiger partial charge >= 0.3 is 5.97 Å². The first-order valence-electron chi connectivity index (χ1n) is 9.99. The Morgan fingerprint density at radius 2 is 2.06 bits per heavy atom. The van der Waals surface area contributed by atoms with Crippen LogP contribution in [0.25, 0.3) is 11.0 Å². The topological polar surface area (TPSA) is 99.2 Å². The molecule has 0 amide bonds. The Kier molecular flexibility index (Phi) is 5.72. The molecule has 164 valence electrons. The van der Waals surface area contributed by atoms with Crippen LogP contribution in [0.1, 0.15) is 34.0 Å². The van der Waals surface area contributed by atoms with Crippen molar-refractivity contribution in [3.05, 3.63) is 87.6 Å². The number of halogens is 1. The summed E-state index contributed by atoms with van der Waals surface area (Å²) in [4.78, 5) is 33.1. The molecule has 0 spiro atoms. The van der Waals surface area contributed by atoms with Gasteiger partial charge in [-0.1, -0.05) is 6.07 Å². The lowest BCUT2D eigenvalue weighted by molar-refractivity contribution is 0.0520. The molecule has 3 aromatic heterocycles. The van der Waals surface area contributed by atoms with E-state index >= 15 is 0 Å². The predicted molar refractivity (Wildman–Crippen MR) is 115 cm³/mol. The number of carbonyl (C=O) groups excluding carboxylic acids is 1. The summed E-state index contributed by atoms with van der Waals surface area (Å²) in [7, 11) is 1.50. The molecule has 0 saturated heterocycles. The maximum Gasteiger partial charge on any atom is 0.347 e. The van der Waals surface area contributed by atoms with Crippen molar-refractivity contribution in [2.45, 2.75) is 19.9 Å². The Hall–Kier alpha value is -4.01. The molecule has 3 heterocycles. The van der Waals surface area contributed by atoms with Crippen molar-refractivity contribution in [2.75, 3.05) is 6.61 Å². The first-order valence-corrected chi connectivity index (χ1v) is 9.99. The summed E-state index contributed by atoms with van der Waals surface area (Å²) in [5.74, 6) is -1.73. The van der Waals surface area contributed by atoms with Gasteiger partial charge in [0.15, 0.2) is 11.3 Å². The molecule has 8 nitrogen and oxygen atoms in total. The van der Waals surface area contributed by atoms with Gasteiger partial charge in [0.25, 0.3) is 5.56 Å². The second-order valence-electron chi connectivity index (χ2n) is 7.34. The van der Waals surface area contributed by atoms with Gasteiger partial charge in [0.05, 0.1) is 18.5 Å². The standard InChI is InChI=1S/C23H21FN4O4/c1-3-32-23(31)19-21(29)20-18(27(2)22(19)30)9-14(11-26-20)8-15-4-5-17(24)10-16(15)12-28-7-6-25-13-28/h4-7,9-11,13,29H,3,8,12H2,1-2H3. The number of rotatable bonds is 6. The molecule has 1 N–H and O–H groups in total. The summed E-state index contributed by atoms with van der Waals surface area (Å²) in [6, 6.07) is 6.32. The van der Waals surface area contributed by atoms with Crippen molar-refractivity contribution in [1.82, 2.24) is 19.1 Å². The van der Waals surface area contributed by atoms with Crippen molar-refractivity contribution in [3.8, 4) is 5.75 Å². The average molecular weight is 436 g/mol. The van der Waals surface area contributed by atoms with Crippen LogP contribution in [0.5, 0.6) is 5.75 Å². The Bertz CT molecular complexity index is 1360. The van der Waals surface area contributed by atoms with Crippen LogP contribution in [-0.2, 0) is 24.8 Å². The molecule has 4 aromatic rings. The number of hydrogen-bond acceptors (Lipinski definition) is 6. The van der Waals surface area contributed by atoms with E-state index in [1.165, 1.54) is 23.7 Å². The van der Waals surface area contributed by atoms with Crippen molar-refractivity contribution in [2.24, 2.45) is 7.05 Å². The number of aryl methyl sites for hydroxylation is 1. The molecule has 0 aliphatic heterocycles. The van der Waals surface area contributed by atoms with E-state index < -0.39 is 22.8 Å². The van der Waals surface area contributed by atoms with Crippen molar-refractivity contribution in [1.29, 1.82) is 0 Å². The monoisotopic (exact) mass is 436 g/mol. The lowest BCUT2D eigenvalue weighted by Crippen LogP contribution is -2.26. The van der Waals surface area contributed by atoms with E-state index in [2.05, 4.69) is 9.97 Å². The highest BCUT2D eigenvalue weighted by Gasteiger charge is 2.23. The Balaban J connectivity index is 1.74. The van der Waals surface area contributed by atoms with Crippen LogP contribution in [0, 0.1) is 5.82 Å². The smallest absolute Gasteiger partial charge is 0.347 e. The molecule has 0 atom stereocenters. The molecule has 4 rings (SSSR count). The number of hydrogen-bond donors (Lipinski definition) is 1. The average Bonchev–Trinajstić information content (AvgIpc) is 3.27. The number of pyridine rings is 2. The fourth-order valence-corrected chi connectivity index (χ4v) is 3.62. The number of fused-ring (bicyclic) bond motifs is 1. The lowest BCUT2D eigenvalue weighted by Gasteiger charge is -2.13. The van der Waals surface area contributed by atoms with Gasteiger partial charge in [-0.15, -0.1) is 0 Å². The van der Waals surface area contributed by atoms with Crippen LogP contribution in [-0.4, -0.2) is 36.8 Å². The van der Waals surface area contributed by atoms with Crippen LogP contribution < -0.4 is 5.56 Å². The minimum atomic E-state index is -0.895. The molecule has 1 aromatic carbocycles. The van der Waals surface area contributed by atoms with Gasteiger partial charge in [-0.2, -0.15) is 0 Å². The number of aromatic hydroxyl groups is 1. The van der Waals surface area contributed by atoms with E-state index in [1.54, 1.807) is 44.0 Å². The minimum Gasteiger partial charge on any atom is -0.505 e. The number of ether oxygens (including phenoxy) is 1. The molecule has 0 saturated carbocycles. The number of esters is 1. The molecule has 0 aliphatic carbocycles. The molecule has 0 fully saturated rings. The summed E-state index contributed by atoms with van der Waals surface area (Å²) in [5, 5.41) is 10.5. The van der Waals surface area contributed by atoms with Gasteiger partial charge in [-0.05, 0) is 48.2 Å². The first-order chi connectivity index (χ1) is 15.4. The van der Waals surface area contributed by atoms with Gasteiger partial charge in [-0.25, -0.2) is 14.2 Å². The SMILES string of the molecule is CCOC(=O)c1c(O)c2ncc(Cc3ccc(F)cc3Cn3ccnc3)cc2n(C)c1=O. The van der Waals surface area contributed by atoms with Crippen LogP contribution in [0.3, 0.4) is 0 Å². The number of nitrogens with zero attached hydrogens (tertiary/aromatic N) is 4. The molecule has 9 heteroatoms. The zero-order valence-corrected chi connectivity index (χ0v) is 17.6. The second-order valence-corrected chi connectivity index (χ2v) is 7.34. The highest BCUT2D eigenvalue weighted by molar-refractivity contribution is 5.98. The zero-order chi connectivity index (χ0) is 22.8. The minimum absolute atomic E-state index is 0.0743. The van der Waals surface area contributed by atoms with E-state index in [0.29, 0.717) is 18.5 Å². The van der Waals surface area contributed by atoms with Crippen LogP contribution in [0.4, 0.5) is 4.39 Å². The third kappa shape index (κ3) is 3.96. The fraction of sp³-hybridized carbons (Fsp3) is 0.217. The van der Waals surface area contributed by atoms with Crippen LogP contribution in [0.15, 0.2) is 54.0 Å². The highest BCUT2D eigenvalue weighted by atomic mass is 19.1. The fourth-order valence-electron chi connectivity index (χ4n) is 3.62. The van der Waals surface area contributed by atoms with E-state index in [0.717, 1.165) is 16.7 Å². The second kappa shape index (κ2) is 8.62. The van der Waals surface area contributed by atoms with Crippen molar-refractivity contribution >= 4 is 17.0 Å². The van der Waals surface area contributed by atoms with Crippen molar-refractivity contribution in [3.63, 3.8) is 0 Å². The van der Waals surface area contributed by atoms with Gasteiger partial charge in [0.2, 0.25) is 0 Å². The Morgan fingerprint density at radius 3 is 2.78 bits per heavy atom. The Labute approximate surface area is 182 Å². The highest BCUT2D eigenvalue weighted by Crippen LogP contribution is 2.26. The largest absolute Gasteiger partial charge is 0.505 e. The molecule has 0 aliphatic rings. The van der Waals surface area contributed by atoms with Crippen molar-refractivity contribution < 1.29 is 19.0 Å². The summed E-state index contributed by atoms with van der Waals surface area (Å²) in [6.07, 6.45) is 7.11. The molecule has 32 heavy (non-hydrogen) atoms. The third-order valence-corrected chi connectivity index (χ3v) is 5.22. The van der Waals surface area contributed by atoms with Gasteiger partial charge in [-0.3, -0.25) is 9.78 Å². The summed E-state index contributed by atoms with van der Waals surface area (Å²) in [5.41, 5.74) is 1.82. The molecule has 0 unspecified atom stereocenters. The number of aromatic nitrogens is 4. The number of carbonyl (C=O) groups is 1. The normalized spacial score (nSPS) is 11.1.